The average Bonchev–Trinajstić information content (AvgIpc) is 3.02. The molecule has 42 heavy (non-hydrogen) atoms. The Bertz CT molecular complexity index is 1390. The lowest BCUT2D eigenvalue weighted by molar-refractivity contribution is -0.140. The summed E-state index contributed by atoms with van der Waals surface area (Å²) in [6.45, 7) is 8.20. The highest BCUT2D eigenvalue weighted by Gasteiger charge is 2.37. The van der Waals surface area contributed by atoms with Crippen LogP contribution in [0, 0.1) is 0 Å². The highest BCUT2D eigenvalue weighted by molar-refractivity contribution is 5.99. The third-order valence-electron chi connectivity index (χ3n) is 8.16. The van der Waals surface area contributed by atoms with Crippen LogP contribution in [0.4, 0.5) is 0 Å². The molecule has 1 fully saturated rings. The van der Waals surface area contributed by atoms with Crippen LogP contribution in [-0.4, -0.2) is 68.2 Å². The molecule has 7 nitrogen and oxygen atoms in total. The van der Waals surface area contributed by atoms with Gasteiger partial charge in [0.2, 0.25) is 0 Å². The van der Waals surface area contributed by atoms with Gasteiger partial charge in [0.15, 0.2) is 0 Å². The molecule has 7 heteroatoms. The Kier molecular flexibility index (Phi) is 9.52. The number of rotatable bonds is 9. The summed E-state index contributed by atoms with van der Waals surface area (Å²) in [5, 5.41) is 3.20. The number of nitrogens with one attached hydrogen (secondary N) is 1. The predicted octanol–water partition coefficient (Wildman–Crippen LogP) is 5.04. The van der Waals surface area contributed by atoms with Gasteiger partial charge in [0.1, 0.15) is 6.61 Å². The van der Waals surface area contributed by atoms with Crippen LogP contribution in [0.3, 0.4) is 0 Å². The molecule has 2 aliphatic rings. The zero-order valence-corrected chi connectivity index (χ0v) is 24.6. The quantitative estimate of drug-likeness (QED) is 0.365. The number of benzene rings is 3. The molecule has 2 aliphatic heterocycles. The number of hydrogen-bond acceptors (Lipinski definition) is 7. The first-order valence-electron chi connectivity index (χ1n) is 14.5. The molecule has 0 amide bonds. The summed E-state index contributed by atoms with van der Waals surface area (Å²) in [5.41, 5.74) is 5.63. The van der Waals surface area contributed by atoms with Crippen molar-refractivity contribution >= 4 is 11.9 Å². The van der Waals surface area contributed by atoms with E-state index in [1.54, 1.807) is 0 Å². The fraction of sp³-hybridized carbons (Fsp3) is 0.314. The molecule has 218 valence electrons. The van der Waals surface area contributed by atoms with Crippen molar-refractivity contribution in [3.05, 3.63) is 130 Å². The highest BCUT2D eigenvalue weighted by Crippen LogP contribution is 2.39. The van der Waals surface area contributed by atoms with E-state index in [-0.39, 0.29) is 12.6 Å². The molecule has 0 radical (unpaired) electrons. The summed E-state index contributed by atoms with van der Waals surface area (Å²) >= 11 is 0. The number of methoxy groups -OCH3 is 1. The molecule has 1 saturated heterocycles. The zero-order chi connectivity index (χ0) is 29.5. The fourth-order valence-corrected chi connectivity index (χ4v) is 6.10. The molecular weight excluding hydrogens is 526 g/mol. The number of allylic oxidation sites excluding steroid dienone is 2. The Morgan fingerprint density at radius 1 is 0.762 bits per heavy atom. The van der Waals surface area contributed by atoms with E-state index in [2.05, 4.69) is 75.8 Å². The summed E-state index contributed by atoms with van der Waals surface area (Å²) in [4.78, 5) is 31.2. The van der Waals surface area contributed by atoms with Gasteiger partial charge in [0.05, 0.1) is 30.2 Å². The maximum atomic E-state index is 13.5. The van der Waals surface area contributed by atoms with Gasteiger partial charge in [-0.1, -0.05) is 91.0 Å². The minimum atomic E-state index is -0.566. The molecule has 1 atom stereocenters. The summed E-state index contributed by atoms with van der Waals surface area (Å²) in [7, 11) is 1.36. The second-order valence-corrected chi connectivity index (χ2v) is 10.8. The Hall–Kier alpha value is -4.20. The van der Waals surface area contributed by atoms with E-state index in [4.69, 9.17) is 9.47 Å². The van der Waals surface area contributed by atoms with E-state index in [1.807, 2.05) is 44.2 Å². The van der Waals surface area contributed by atoms with Crippen LogP contribution in [0.5, 0.6) is 0 Å². The molecular formula is C35H39N3O4. The number of ether oxygens (including phenoxy) is 2. The Morgan fingerprint density at radius 3 is 1.79 bits per heavy atom. The summed E-state index contributed by atoms with van der Waals surface area (Å²) < 4.78 is 10.9. The van der Waals surface area contributed by atoms with Gasteiger partial charge >= 0.3 is 11.9 Å². The number of nitrogens with zero attached hydrogens (tertiary/aromatic N) is 2. The van der Waals surface area contributed by atoms with Crippen molar-refractivity contribution in [1.82, 2.24) is 15.1 Å². The standard InChI is InChI=1S/C35H39N3O4/c1-25-30(34(39)41-3)32(27-13-7-4-8-14-27)31(26(2)36-25)35(40)42-24-23-37-19-21-38(22-20-37)33(28-15-9-5-10-16-28)29-17-11-6-12-18-29/h4-18,32-33,36H,19-24H2,1-3H3. The van der Waals surface area contributed by atoms with E-state index < -0.39 is 17.9 Å². The van der Waals surface area contributed by atoms with Crippen molar-refractivity contribution < 1.29 is 19.1 Å². The number of esters is 2. The predicted molar refractivity (Wildman–Crippen MR) is 163 cm³/mol. The van der Waals surface area contributed by atoms with Gasteiger partial charge in [0, 0.05) is 44.1 Å². The fourth-order valence-electron chi connectivity index (χ4n) is 6.10. The van der Waals surface area contributed by atoms with Gasteiger partial charge in [-0.15, -0.1) is 0 Å². The normalized spacial score (nSPS) is 18.1. The monoisotopic (exact) mass is 565 g/mol. The molecule has 1 N–H and O–H groups in total. The number of hydrogen-bond donors (Lipinski definition) is 1. The average molecular weight is 566 g/mol. The van der Waals surface area contributed by atoms with Crippen molar-refractivity contribution in [2.24, 2.45) is 0 Å². The third kappa shape index (κ3) is 6.48. The number of carbonyl (C=O) groups excluding carboxylic acids is 2. The summed E-state index contributed by atoms with van der Waals surface area (Å²) in [6.07, 6.45) is 0. The Labute approximate surface area is 248 Å². The van der Waals surface area contributed by atoms with E-state index >= 15 is 0 Å². The lowest BCUT2D eigenvalue weighted by Crippen LogP contribution is -2.48. The number of dihydropyridines is 1. The maximum Gasteiger partial charge on any atom is 0.336 e. The van der Waals surface area contributed by atoms with Gasteiger partial charge in [0.25, 0.3) is 0 Å². The minimum absolute atomic E-state index is 0.205. The van der Waals surface area contributed by atoms with Gasteiger partial charge in [-0.05, 0) is 30.5 Å². The van der Waals surface area contributed by atoms with Gasteiger partial charge in [-0.25, -0.2) is 9.59 Å². The first-order valence-corrected chi connectivity index (χ1v) is 14.5. The zero-order valence-electron chi connectivity index (χ0n) is 24.6. The van der Waals surface area contributed by atoms with Gasteiger partial charge in [-0.3, -0.25) is 9.80 Å². The van der Waals surface area contributed by atoms with Gasteiger partial charge < -0.3 is 14.8 Å². The molecule has 0 aromatic heterocycles. The van der Waals surface area contributed by atoms with Crippen LogP contribution in [0.2, 0.25) is 0 Å². The molecule has 0 aliphatic carbocycles. The molecule has 0 bridgehead atoms. The smallest absolute Gasteiger partial charge is 0.336 e. The van der Waals surface area contributed by atoms with E-state index in [1.165, 1.54) is 18.2 Å². The minimum Gasteiger partial charge on any atom is -0.466 e. The molecule has 0 spiro atoms. The van der Waals surface area contributed by atoms with Crippen molar-refractivity contribution in [1.29, 1.82) is 0 Å². The molecule has 3 aromatic rings. The third-order valence-corrected chi connectivity index (χ3v) is 8.16. The van der Waals surface area contributed by atoms with E-state index in [0.29, 0.717) is 29.1 Å². The van der Waals surface area contributed by atoms with Crippen LogP contribution in [0.15, 0.2) is 114 Å². The number of carbonyl (C=O) groups is 2. The lowest BCUT2D eigenvalue weighted by atomic mass is 9.80. The van der Waals surface area contributed by atoms with Gasteiger partial charge in [-0.2, -0.15) is 0 Å². The molecule has 2 heterocycles. The molecule has 1 unspecified atom stereocenters. The Balaban J connectivity index is 1.22. The molecule has 5 rings (SSSR count). The second kappa shape index (κ2) is 13.6. The molecule has 3 aromatic carbocycles. The lowest BCUT2D eigenvalue weighted by Gasteiger charge is -2.39. The van der Waals surface area contributed by atoms with Crippen LogP contribution in [-0.2, 0) is 19.1 Å². The summed E-state index contributed by atoms with van der Waals surface area (Å²) in [5.74, 6) is -1.45. The summed E-state index contributed by atoms with van der Waals surface area (Å²) in [6, 6.07) is 31.1. The second-order valence-electron chi connectivity index (χ2n) is 10.8. The first kappa shape index (κ1) is 29.3. The SMILES string of the molecule is COC(=O)C1=C(C)NC(C)=C(C(=O)OCCN2CCN(C(c3ccccc3)c3ccccc3)CC2)C1c1ccccc1. The van der Waals surface area contributed by atoms with Crippen molar-refractivity contribution in [2.45, 2.75) is 25.8 Å². The maximum absolute atomic E-state index is 13.5. The number of piperazine rings is 1. The topological polar surface area (TPSA) is 71.1 Å². The molecule has 0 saturated carbocycles. The Morgan fingerprint density at radius 2 is 1.26 bits per heavy atom. The van der Waals surface area contributed by atoms with Crippen LogP contribution in [0.25, 0.3) is 0 Å². The van der Waals surface area contributed by atoms with Crippen LogP contribution >= 0.6 is 0 Å². The highest BCUT2D eigenvalue weighted by atomic mass is 16.5. The van der Waals surface area contributed by atoms with Crippen LogP contribution < -0.4 is 5.32 Å². The van der Waals surface area contributed by atoms with Crippen LogP contribution in [0.1, 0.15) is 42.5 Å². The van der Waals surface area contributed by atoms with Crippen molar-refractivity contribution in [3.63, 3.8) is 0 Å². The van der Waals surface area contributed by atoms with E-state index in [0.717, 1.165) is 31.7 Å². The van der Waals surface area contributed by atoms with Crippen molar-refractivity contribution in [2.75, 3.05) is 46.4 Å². The largest absolute Gasteiger partial charge is 0.466 e. The van der Waals surface area contributed by atoms with Crippen molar-refractivity contribution in [3.8, 4) is 0 Å². The first-order chi connectivity index (χ1) is 20.5. The van der Waals surface area contributed by atoms with E-state index in [9.17, 15) is 9.59 Å².